The van der Waals surface area contributed by atoms with Crippen molar-refractivity contribution in [2.24, 2.45) is 13.0 Å². The van der Waals surface area contributed by atoms with Gasteiger partial charge in [-0.3, -0.25) is 14.3 Å². The van der Waals surface area contributed by atoms with Gasteiger partial charge in [0.25, 0.3) is 5.91 Å². The lowest BCUT2D eigenvalue weighted by molar-refractivity contribution is 0.0864. The van der Waals surface area contributed by atoms with Crippen LogP contribution in [0, 0.1) is 5.92 Å². The second-order valence-electron chi connectivity index (χ2n) is 7.18. The van der Waals surface area contributed by atoms with Crippen LogP contribution in [0.25, 0.3) is 10.9 Å². The number of carbonyl (C=O) groups is 1. The average molecular weight is 366 g/mol. The number of aliphatic hydroxyl groups excluding tert-OH is 1. The van der Waals surface area contributed by atoms with Crippen LogP contribution in [0.4, 0.5) is 0 Å². The molecular weight excluding hydrogens is 344 g/mol. The quantitative estimate of drug-likeness (QED) is 0.728. The number of hydrogen-bond donors (Lipinski definition) is 2. The van der Waals surface area contributed by atoms with Gasteiger partial charge in [-0.05, 0) is 37.0 Å². The molecule has 1 aromatic carbocycles. The van der Waals surface area contributed by atoms with E-state index in [4.69, 9.17) is 0 Å². The normalized spacial score (nSPS) is 22.2. The number of hydrogen-bond acceptors (Lipinski definition) is 4. The van der Waals surface area contributed by atoms with Crippen molar-refractivity contribution in [3.63, 3.8) is 0 Å². The van der Waals surface area contributed by atoms with Crippen LogP contribution in [0.15, 0.2) is 53.6 Å². The van der Waals surface area contributed by atoms with Crippen LogP contribution in [0.3, 0.4) is 0 Å². The summed E-state index contributed by atoms with van der Waals surface area (Å²) in [6.45, 7) is 0.713. The van der Waals surface area contributed by atoms with Crippen LogP contribution >= 0.6 is 0 Å². The van der Waals surface area contributed by atoms with Crippen molar-refractivity contribution < 1.29 is 9.90 Å². The molecule has 3 aromatic rings. The number of para-hydroxylation sites is 1. The maximum atomic E-state index is 12.8. The summed E-state index contributed by atoms with van der Waals surface area (Å²) in [5.74, 6) is -0.102. The topological polar surface area (TPSA) is 89.2 Å². The largest absolute Gasteiger partial charge is 0.391 e. The third-order valence-electron chi connectivity index (χ3n) is 5.34. The Bertz CT molecular complexity index is 1030. The van der Waals surface area contributed by atoms with Gasteiger partial charge in [0, 0.05) is 37.4 Å². The van der Waals surface area contributed by atoms with Crippen LogP contribution in [0.5, 0.6) is 0 Å². The van der Waals surface area contributed by atoms with Gasteiger partial charge in [0.15, 0.2) is 5.43 Å². The number of aryl methyl sites for hydroxylation is 1. The summed E-state index contributed by atoms with van der Waals surface area (Å²) in [4.78, 5) is 25.1. The fourth-order valence-corrected chi connectivity index (χ4v) is 3.96. The first-order chi connectivity index (χ1) is 13.0. The molecule has 1 amide bonds. The van der Waals surface area contributed by atoms with Gasteiger partial charge in [0.2, 0.25) is 0 Å². The Balaban J connectivity index is 1.51. The predicted octanol–water partition coefficient (Wildman–Crippen LogP) is 1.30. The summed E-state index contributed by atoms with van der Waals surface area (Å²) in [6.07, 6.45) is 4.30. The van der Waals surface area contributed by atoms with Crippen molar-refractivity contribution in [2.45, 2.75) is 31.5 Å². The first kappa shape index (κ1) is 17.5. The molecule has 2 heterocycles. The van der Waals surface area contributed by atoms with Gasteiger partial charge in [-0.15, -0.1) is 0 Å². The highest BCUT2D eigenvalue weighted by Crippen LogP contribution is 2.27. The van der Waals surface area contributed by atoms with Gasteiger partial charge in [0.05, 0.1) is 17.7 Å². The molecule has 1 unspecified atom stereocenters. The SMILES string of the molecule is Cn1c(C(=O)N[C@@H]2CC(Cn3cccn3)C[C@H]2O)cc(=O)c2ccccc21. The van der Waals surface area contributed by atoms with E-state index in [0.717, 1.165) is 0 Å². The zero-order valence-corrected chi connectivity index (χ0v) is 15.1. The molecule has 0 spiro atoms. The van der Waals surface area contributed by atoms with E-state index in [0.29, 0.717) is 36.0 Å². The molecule has 0 aliphatic heterocycles. The Morgan fingerprint density at radius 1 is 1.30 bits per heavy atom. The summed E-state index contributed by atoms with van der Waals surface area (Å²) in [7, 11) is 1.77. The predicted molar refractivity (Wildman–Crippen MR) is 101 cm³/mol. The second-order valence-corrected chi connectivity index (χ2v) is 7.18. The average Bonchev–Trinajstić information content (AvgIpc) is 3.28. The minimum Gasteiger partial charge on any atom is -0.391 e. The monoisotopic (exact) mass is 366 g/mol. The number of pyridine rings is 1. The zero-order valence-electron chi connectivity index (χ0n) is 15.1. The molecule has 7 nitrogen and oxygen atoms in total. The standard InChI is InChI=1S/C20H22N4O3/c1-23-16-6-3-2-5-14(16)18(25)11-17(23)20(27)22-15-9-13(10-19(15)26)12-24-8-4-7-21-24/h2-8,11,13,15,19,26H,9-10,12H2,1H3,(H,22,27)/t13?,15-,19-/m1/s1. The molecule has 27 heavy (non-hydrogen) atoms. The van der Waals surface area contributed by atoms with E-state index < -0.39 is 6.10 Å². The number of aliphatic hydroxyl groups is 1. The maximum absolute atomic E-state index is 12.8. The van der Waals surface area contributed by atoms with Crippen LogP contribution < -0.4 is 10.7 Å². The first-order valence-electron chi connectivity index (χ1n) is 9.08. The fourth-order valence-electron chi connectivity index (χ4n) is 3.96. The van der Waals surface area contributed by atoms with Gasteiger partial charge in [-0.25, -0.2) is 0 Å². The Labute approximate surface area is 156 Å². The molecule has 2 N–H and O–H groups in total. The molecular formula is C20H22N4O3. The smallest absolute Gasteiger partial charge is 0.268 e. The summed E-state index contributed by atoms with van der Waals surface area (Å²) in [5, 5.41) is 18.1. The van der Waals surface area contributed by atoms with Crippen molar-refractivity contribution in [1.29, 1.82) is 0 Å². The van der Waals surface area contributed by atoms with Crippen LogP contribution in [0.1, 0.15) is 23.3 Å². The molecule has 4 rings (SSSR count). The lowest BCUT2D eigenvalue weighted by atomic mass is 10.1. The number of fused-ring (bicyclic) bond motifs is 1. The summed E-state index contributed by atoms with van der Waals surface area (Å²) in [6, 6.07) is 10.1. The van der Waals surface area contributed by atoms with E-state index >= 15 is 0 Å². The number of nitrogens with zero attached hydrogens (tertiary/aromatic N) is 3. The lowest BCUT2D eigenvalue weighted by Crippen LogP contribution is -2.41. The van der Waals surface area contributed by atoms with Gasteiger partial charge in [0.1, 0.15) is 5.69 Å². The van der Waals surface area contributed by atoms with Crippen LogP contribution in [0.2, 0.25) is 0 Å². The van der Waals surface area contributed by atoms with Crippen molar-refractivity contribution in [3.05, 3.63) is 64.7 Å². The molecule has 0 saturated heterocycles. The Hall–Kier alpha value is -2.93. The number of rotatable bonds is 4. The van der Waals surface area contributed by atoms with E-state index in [1.807, 2.05) is 29.1 Å². The van der Waals surface area contributed by atoms with E-state index in [2.05, 4.69) is 10.4 Å². The Kier molecular flexibility index (Phi) is 4.53. The fraction of sp³-hybridized carbons (Fsp3) is 0.350. The first-order valence-corrected chi connectivity index (χ1v) is 9.08. The molecule has 0 bridgehead atoms. The number of benzene rings is 1. The molecule has 1 saturated carbocycles. The molecule has 1 fully saturated rings. The third-order valence-corrected chi connectivity index (χ3v) is 5.34. The highest BCUT2D eigenvalue weighted by atomic mass is 16.3. The maximum Gasteiger partial charge on any atom is 0.268 e. The van der Waals surface area contributed by atoms with E-state index in [9.17, 15) is 14.7 Å². The molecule has 1 aliphatic carbocycles. The van der Waals surface area contributed by atoms with E-state index in [1.54, 1.807) is 29.9 Å². The Morgan fingerprint density at radius 3 is 2.89 bits per heavy atom. The summed E-state index contributed by atoms with van der Waals surface area (Å²) in [5.41, 5.74) is 0.817. The van der Waals surface area contributed by atoms with Gasteiger partial charge in [-0.1, -0.05) is 12.1 Å². The lowest BCUT2D eigenvalue weighted by Gasteiger charge is -2.18. The number of amides is 1. The van der Waals surface area contributed by atoms with Gasteiger partial charge < -0.3 is 15.0 Å². The highest BCUT2D eigenvalue weighted by Gasteiger charge is 2.34. The number of nitrogens with one attached hydrogen (secondary N) is 1. The van der Waals surface area contributed by atoms with E-state index in [1.165, 1.54) is 6.07 Å². The van der Waals surface area contributed by atoms with Crippen LogP contribution in [-0.4, -0.2) is 37.5 Å². The number of aromatic nitrogens is 3. The van der Waals surface area contributed by atoms with Gasteiger partial charge in [-0.2, -0.15) is 5.10 Å². The molecule has 2 aromatic heterocycles. The zero-order chi connectivity index (χ0) is 19.0. The Morgan fingerprint density at radius 2 is 2.11 bits per heavy atom. The highest BCUT2D eigenvalue weighted by molar-refractivity contribution is 5.95. The molecule has 0 radical (unpaired) electrons. The molecule has 3 atom stereocenters. The number of carbonyl (C=O) groups excluding carboxylic acids is 1. The molecule has 140 valence electrons. The van der Waals surface area contributed by atoms with Crippen molar-refractivity contribution in [2.75, 3.05) is 0 Å². The molecule has 1 aliphatic rings. The van der Waals surface area contributed by atoms with Crippen molar-refractivity contribution in [3.8, 4) is 0 Å². The minimum atomic E-state index is -0.605. The minimum absolute atomic E-state index is 0.183. The molecule has 7 heteroatoms. The van der Waals surface area contributed by atoms with Crippen molar-refractivity contribution >= 4 is 16.8 Å². The second kappa shape index (κ2) is 7.00. The van der Waals surface area contributed by atoms with Gasteiger partial charge >= 0.3 is 0 Å². The third kappa shape index (κ3) is 3.38. The van der Waals surface area contributed by atoms with E-state index in [-0.39, 0.29) is 23.3 Å². The van der Waals surface area contributed by atoms with Crippen LogP contribution in [-0.2, 0) is 13.6 Å². The summed E-state index contributed by atoms with van der Waals surface area (Å²) < 4.78 is 3.56. The summed E-state index contributed by atoms with van der Waals surface area (Å²) >= 11 is 0. The van der Waals surface area contributed by atoms with Crippen molar-refractivity contribution in [1.82, 2.24) is 19.7 Å².